The van der Waals surface area contributed by atoms with Crippen LogP contribution in [0.2, 0.25) is 0 Å². The molecule has 2 aromatic heterocycles. The Morgan fingerprint density at radius 3 is 2.65 bits per heavy atom. The molecule has 2 amide bonds. The molecule has 1 aliphatic rings. The summed E-state index contributed by atoms with van der Waals surface area (Å²) in [6.07, 6.45) is 6.23. The number of hydrogen-bond acceptors (Lipinski definition) is 8. The zero-order valence-corrected chi connectivity index (χ0v) is 21.2. The number of carbonyl (C=O) groups excluding carboxylic acids is 2. The third-order valence-electron chi connectivity index (χ3n) is 6.48. The Morgan fingerprint density at radius 1 is 1.27 bits per heavy atom. The number of amides is 2. The van der Waals surface area contributed by atoms with Gasteiger partial charge in [-0.3, -0.25) is 14.3 Å². The molecule has 196 valence electrons. The van der Waals surface area contributed by atoms with E-state index in [0.717, 1.165) is 6.42 Å². The van der Waals surface area contributed by atoms with Crippen molar-refractivity contribution in [2.45, 2.75) is 51.3 Å². The van der Waals surface area contributed by atoms with E-state index in [1.54, 1.807) is 44.0 Å². The van der Waals surface area contributed by atoms with Gasteiger partial charge in [-0.15, -0.1) is 0 Å². The van der Waals surface area contributed by atoms with Crippen LogP contribution in [0, 0.1) is 5.82 Å². The minimum Gasteiger partial charge on any atom is -0.386 e. The van der Waals surface area contributed by atoms with Crippen LogP contribution in [0.3, 0.4) is 0 Å². The molecule has 3 heterocycles. The van der Waals surface area contributed by atoms with Crippen molar-refractivity contribution < 1.29 is 19.1 Å². The molecule has 12 heteroatoms. The minimum atomic E-state index is -1.22. The van der Waals surface area contributed by atoms with E-state index >= 15 is 0 Å². The van der Waals surface area contributed by atoms with Crippen LogP contribution < -0.4 is 21.3 Å². The molecule has 0 bridgehead atoms. The summed E-state index contributed by atoms with van der Waals surface area (Å²) in [5.74, 6) is -1.25. The maximum Gasteiger partial charge on any atom is 0.271 e. The predicted octanol–water partition coefficient (Wildman–Crippen LogP) is 2.21. The molecular formula is C25H31FN8O3. The van der Waals surface area contributed by atoms with Crippen LogP contribution in [0.5, 0.6) is 0 Å². The topological polar surface area (TPSA) is 151 Å². The van der Waals surface area contributed by atoms with Crippen LogP contribution in [0.15, 0.2) is 36.8 Å². The first-order chi connectivity index (χ1) is 17.4. The van der Waals surface area contributed by atoms with Crippen molar-refractivity contribution in [3.05, 3.63) is 59.4 Å². The molecule has 1 aromatic carbocycles. The lowest BCUT2D eigenvalue weighted by Crippen LogP contribution is -2.54. The number of primary amides is 1. The lowest BCUT2D eigenvalue weighted by molar-refractivity contribution is 0.0779. The molecule has 0 aliphatic carbocycles. The smallest absolute Gasteiger partial charge is 0.271 e. The Hall–Kier alpha value is -4.06. The van der Waals surface area contributed by atoms with Crippen LogP contribution in [-0.2, 0) is 12.6 Å². The van der Waals surface area contributed by atoms with Crippen molar-refractivity contribution in [1.82, 2.24) is 25.1 Å². The van der Waals surface area contributed by atoms with Crippen molar-refractivity contribution in [2.75, 3.05) is 16.8 Å². The number of hydrogen-bond donors (Lipinski definition) is 4. The van der Waals surface area contributed by atoms with E-state index in [4.69, 9.17) is 5.73 Å². The third-order valence-corrected chi connectivity index (χ3v) is 6.48. The van der Waals surface area contributed by atoms with E-state index in [9.17, 15) is 19.1 Å². The normalized spacial score (nSPS) is 17.9. The Balaban J connectivity index is 1.54. The van der Waals surface area contributed by atoms with Crippen molar-refractivity contribution in [2.24, 2.45) is 12.8 Å². The first-order valence-corrected chi connectivity index (χ1v) is 12.0. The summed E-state index contributed by atoms with van der Waals surface area (Å²) < 4.78 is 16.3. The lowest BCUT2D eigenvalue weighted by Gasteiger charge is -2.40. The second-order valence-corrected chi connectivity index (χ2v) is 9.73. The number of nitrogens with two attached hydrogens (primary N) is 1. The number of nitrogens with one attached hydrogen (secondary N) is 2. The Bertz CT molecular complexity index is 1320. The number of carbonyl (C=O) groups is 2. The highest BCUT2D eigenvalue weighted by atomic mass is 19.1. The van der Waals surface area contributed by atoms with Gasteiger partial charge in [0, 0.05) is 31.9 Å². The maximum absolute atomic E-state index is 14.7. The van der Waals surface area contributed by atoms with E-state index < -0.39 is 23.2 Å². The quantitative estimate of drug-likeness (QED) is 0.378. The fourth-order valence-corrected chi connectivity index (χ4v) is 4.39. The molecule has 1 fully saturated rings. The molecule has 0 unspecified atom stereocenters. The van der Waals surface area contributed by atoms with Gasteiger partial charge in [-0.05, 0) is 51.3 Å². The molecule has 37 heavy (non-hydrogen) atoms. The molecule has 0 radical (unpaired) electrons. The highest BCUT2D eigenvalue weighted by Gasteiger charge is 2.32. The Labute approximate surface area is 213 Å². The number of halogens is 1. The van der Waals surface area contributed by atoms with Gasteiger partial charge in [0.2, 0.25) is 0 Å². The number of anilines is 3. The first kappa shape index (κ1) is 26.0. The van der Waals surface area contributed by atoms with Gasteiger partial charge in [0.1, 0.15) is 11.6 Å². The van der Waals surface area contributed by atoms with Crippen LogP contribution in [0.1, 0.15) is 60.0 Å². The number of nitrogens with zero attached hydrogens (tertiary/aromatic N) is 5. The van der Waals surface area contributed by atoms with Crippen molar-refractivity contribution in [3.63, 3.8) is 0 Å². The lowest BCUT2D eigenvalue weighted by atomic mass is 9.95. The number of rotatable bonds is 7. The SMILES string of the molecule is C[C@@H]1[C@H](NC(=O)c2ccc(C(C)(C)O)cc2F)CCCN1c1cnc(C(N)=O)c(Nc2cnn(C)c2)n1. The number of aliphatic hydroxyl groups is 1. The average molecular weight is 511 g/mol. The monoisotopic (exact) mass is 510 g/mol. The highest BCUT2D eigenvalue weighted by molar-refractivity contribution is 5.96. The van der Waals surface area contributed by atoms with Gasteiger partial charge in [-0.25, -0.2) is 14.4 Å². The summed E-state index contributed by atoms with van der Waals surface area (Å²) in [6.45, 7) is 5.70. The van der Waals surface area contributed by atoms with E-state index in [2.05, 4.69) is 25.7 Å². The number of benzene rings is 1. The Kier molecular flexibility index (Phi) is 7.12. The molecule has 0 spiro atoms. The Morgan fingerprint density at radius 2 is 2.03 bits per heavy atom. The van der Waals surface area contributed by atoms with Gasteiger partial charge in [-0.2, -0.15) is 5.10 Å². The zero-order valence-electron chi connectivity index (χ0n) is 21.2. The molecule has 0 saturated carbocycles. The largest absolute Gasteiger partial charge is 0.386 e. The molecule has 11 nitrogen and oxygen atoms in total. The number of aromatic nitrogens is 4. The minimum absolute atomic E-state index is 0.00732. The van der Waals surface area contributed by atoms with Crippen molar-refractivity contribution in [1.29, 1.82) is 0 Å². The molecule has 5 N–H and O–H groups in total. The van der Waals surface area contributed by atoms with E-state index in [1.165, 1.54) is 18.3 Å². The zero-order chi connectivity index (χ0) is 26.9. The second kappa shape index (κ2) is 10.1. The van der Waals surface area contributed by atoms with Gasteiger partial charge in [0.05, 0.1) is 29.2 Å². The van der Waals surface area contributed by atoms with Gasteiger partial charge in [0.25, 0.3) is 11.8 Å². The molecule has 3 aromatic rings. The summed E-state index contributed by atoms with van der Waals surface area (Å²) in [4.78, 5) is 35.7. The molecule has 1 saturated heterocycles. The van der Waals surface area contributed by atoms with Crippen LogP contribution in [-0.4, -0.2) is 55.3 Å². The van der Waals surface area contributed by atoms with Gasteiger partial charge in [-0.1, -0.05) is 6.07 Å². The fourth-order valence-electron chi connectivity index (χ4n) is 4.39. The number of piperidine rings is 1. The number of aryl methyl sites for hydroxylation is 1. The first-order valence-electron chi connectivity index (χ1n) is 12.0. The van der Waals surface area contributed by atoms with Gasteiger partial charge in [0.15, 0.2) is 11.5 Å². The van der Waals surface area contributed by atoms with Gasteiger partial charge >= 0.3 is 0 Å². The average Bonchev–Trinajstić information content (AvgIpc) is 3.23. The summed E-state index contributed by atoms with van der Waals surface area (Å²) in [6, 6.07) is 3.62. The van der Waals surface area contributed by atoms with E-state index in [-0.39, 0.29) is 29.2 Å². The van der Waals surface area contributed by atoms with Gasteiger partial charge < -0.3 is 26.4 Å². The third kappa shape index (κ3) is 5.69. The van der Waals surface area contributed by atoms with E-state index in [1.807, 2.05) is 11.8 Å². The maximum atomic E-state index is 14.7. The molecule has 4 rings (SSSR count). The van der Waals surface area contributed by atoms with Crippen molar-refractivity contribution >= 4 is 29.1 Å². The standard InChI is InChI=1S/C25H31FN8O3/c1-14-19(31-24(36)17-8-7-15(10-18(17)26)25(2,3)37)6-5-9-34(14)20-12-28-21(22(27)35)23(32-20)30-16-11-29-33(4)13-16/h7-8,10-14,19,37H,5-6,9H2,1-4H3,(H2,27,35)(H,30,32)(H,31,36)/t14-,19-/m1/s1. The second-order valence-electron chi connectivity index (χ2n) is 9.73. The summed E-state index contributed by atoms with van der Waals surface area (Å²) in [5, 5.41) is 20.2. The van der Waals surface area contributed by atoms with Crippen LogP contribution in [0.4, 0.5) is 21.7 Å². The van der Waals surface area contributed by atoms with Crippen LogP contribution >= 0.6 is 0 Å². The fraction of sp³-hybridized carbons (Fsp3) is 0.400. The van der Waals surface area contributed by atoms with Crippen LogP contribution in [0.25, 0.3) is 0 Å². The molecule has 2 atom stereocenters. The highest BCUT2D eigenvalue weighted by Crippen LogP contribution is 2.27. The molecule has 1 aliphatic heterocycles. The molecular weight excluding hydrogens is 479 g/mol. The summed E-state index contributed by atoms with van der Waals surface area (Å²) >= 11 is 0. The van der Waals surface area contributed by atoms with Crippen molar-refractivity contribution in [3.8, 4) is 0 Å². The van der Waals surface area contributed by atoms with E-state index in [0.29, 0.717) is 30.0 Å². The summed E-state index contributed by atoms with van der Waals surface area (Å²) in [5.41, 5.74) is 5.18. The summed E-state index contributed by atoms with van der Waals surface area (Å²) in [7, 11) is 1.76. The predicted molar refractivity (Wildman–Crippen MR) is 136 cm³/mol.